The molecule has 0 spiro atoms. The second-order valence-corrected chi connectivity index (χ2v) is 9.73. The molecule has 1 aromatic heterocycles. The van der Waals surface area contributed by atoms with Crippen LogP contribution in [0.1, 0.15) is 10.4 Å². The number of methoxy groups -OCH3 is 1. The van der Waals surface area contributed by atoms with Crippen LogP contribution < -0.4 is 20.6 Å². The molecule has 1 aliphatic rings. The van der Waals surface area contributed by atoms with Gasteiger partial charge in [-0.15, -0.1) is 0 Å². The van der Waals surface area contributed by atoms with Gasteiger partial charge in [-0.25, -0.2) is 13.2 Å². The monoisotopic (exact) mass is 471 g/mol. The Bertz CT molecular complexity index is 1300. The summed E-state index contributed by atoms with van der Waals surface area (Å²) in [4.78, 5) is 26.6. The average Bonchev–Trinajstić information content (AvgIpc) is 2.83. The standard InChI is InChI=1S/C23H25N3O6S/c1-31-19-8-6-18(7-9-19)25-11-13-26(14-12-25)33(29,30)15-10-24-22(27)20-16-17-4-2-3-5-21(17)32-23(20)28/h2-9,16H,10-15H2,1H3,(H,24,27). The molecule has 0 radical (unpaired) electrons. The first-order valence-electron chi connectivity index (χ1n) is 10.6. The molecular formula is C23H25N3O6S. The molecule has 0 atom stereocenters. The summed E-state index contributed by atoms with van der Waals surface area (Å²) >= 11 is 0. The van der Waals surface area contributed by atoms with Gasteiger partial charge in [-0.05, 0) is 36.4 Å². The molecule has 33 heavy (non-hydrogen) atoms. The van der Waals surface area contributed by atoms with Crippen LogP contribution in [-0.4, -0.2) is 64.2 Å². The van der Waals surface area contributed by atoms with Crippen LogP contribution in [0.5, 0.6) is 5.75 Å². The largest absolute Gasteiger partial charge is 0.497 e. The molecule has 1 fully saturated rings. The molecule has 3 aromatic rings. The van der Waals surface area contributed by atoms with Gasteiger partial charge in [0.1, 0.15) is 16.9 Å². The third-order valence-corrected chi connectivity index (χ3v) is 7.47. The summed E-state index contributed by atoms with van der Waals surface area (Å²) in [7, 11) is -1.94. The SMILES string of the molecule is COc1ccc(N2CCN(S(=O)(=O)CCNC(=O)c3cc4ccccc4oc3=O)CC2)cc1. The number of ether oxygens (including phenoxy) is 1. The van der Waals surface area contributed by atoms with Crippen molar-refractivity contribution in [1.82, 2.24) is 9.62 Å². The summed E-state index contributed by atoms with van der Waals surface area (Å²) in [5.41, 5.74) is 0.479. The number of benzene rings is 2. The number of carbonyl (C=O) groups is 1. The fourth-order valence-corrected chi connectivity index (χ4v) is 5.09. The van der Waals surface area contributed by atoms with Crippen molar-refractivity contribution in [2.45, 2.75) is 0 Å². The van der Waals surface area contributed by atoms with Crippen LogP contribution in [0.4, 0.5) is 5.69 Å². The number of rotatable bonds is 7. The molecule has 1 amide bonds. The normalized spacial score (nSPS) is 14.9. The number of carbonyl (C=O) groups excluding carboxylic acids is 1. The quantitative estimate of drug-likeness (QED) is 0.522. The summed E-state index contributed by atoms with van der Waals surface area (Å²) in [6.45, 7) is 1.74. The van der Waals surface area contributed by atoms with E-state index >= 15 is 0 Å². The fourth-order valence-electron chi connectivity index (χ4n) is 3.76. The third-order valence-electron chi connectivity index (χ3n) is 5.60. The topological polar surface area (TPSA) is 109 Å². The Kier molecular flexibility index (Phi) is 6.66. The lowest BCUT2D eigenvalue weighted by Gasteiger charge is -2.35. The van der Waals surface area contributed by atoms with E-state index in [9.17, 15) is 18.0 Å². The van der Waals surface area contributed by atoms with Gasteiger partial charge >= 0.3 is 5.63 Å². The molecule has 2 aromatic carbocycles. The second-order valence-electron chi connectivity index (χ2n) is 7.64. The first-order valence-corrected chi connectivity index (χ1v) is 12.2. The minimum absolute atomic E-state index is 0.105. The number of hydrogen-bond acceptors (Lipinski definition) is 7. The molecule has 0 bridgehead atoms. The van der Waals surface area contributed by atoms with Gasteiger partial charge in [0.05, 0.1) is 12.9 Å². The van der Waals surface area contributed by atoms with E-state index in [1.54, 1.807) is 31.4 Å². The van der Waals surface area contributed by atoms with E-state index in [4.69, 9.17) is 9.15 Å². The third kappa shape index (κ3) is 5.18. The summed E-state index contributed by atoms with van der Waals surface area (Å²) in [5, 5.41) is 3.13. The first kappa shape index (κ1) is 22.8. The molecule has 1 aliphatic heterocycles. The van der Waals surface area contributed by atoms with E-state index in [1.165, 1.54) is 10.4 Å². The van der Waals surface area contributed by atoms with Crippen LogP contribution in [0, 0.1) is 0 Å². The van der Waals surface area contributed by atoms with Crippen molar-refractivity contribution in [3.63, 3.8) is 0 Å². The Morgan fingerprint density at radius 3 is 2.45 bits per heavy atom. The van der Waals surface area contributed by atoms with Crippen LogP contribution >= 0.6 is 0 Å². The zero-order valence-corrected chi connectivity index (χ0v) is 19.0. The van der Waals surface area contributed by atoms with Crippen molar-refractivity contribution in [2.24, 2.45) is 0 Å². The van der Waals surface area contributed by atoms with E-state index < -0.39 is 21.6 Å². The van der Waals surface area contributed by atoms with Crippen molar-refractivity contribution in [2.75, 3.05) is 50.5 Å². The zero-order valence-electron chi connectivity index (χ0n) is 18.2. The Morgan fingerprint density at radius 1 is 1.06 bits per heavy atom. The lowest BCUT2D eigenvalue weighted by atomic mass is 10.2. The van der Waals surface area contributed by atoms with Crippen molar-refractivity contribution in [3.8, 4) is 5.75 Å². The smallest absolute Gasteiger partial charge is 0.349 e. The van der Waals surface area contributed by atoms with Gasteiger partial charge < -0.3 is 19.4 Å². The van der Waals surface area contributed by atoms with E-state index in [0.29, 0.717) is 37.1 Å². The van der Waals surface area contributed by atoms with Gasteiger partial charge in [0.25, 0.3) is 5.91 Å². The molecule has 1 N–H and O–H groups in total. The average molecular weight is 472 g/mol. The highest BCUT2D eigenvalue weighted by atomic mass is 32.2. The van der Waals surface area contributed by atoms with E-state index in [-0.39, 0.29) is 17.9 Å². The van der Waals surface area contributed by atoms with E-state index in [0.717, 1.165) is 11.4 Å². The van der Waals surface area contributed by atoms with Gasteiger partial charge in [-0.1, -0.05) is 18.2 Å². The number of hydrogen-bond donors (Lipinski definition) is 1. The van der Waals surface area contributed by atoms with Gasteiger partial charge in [0.2, 0.25) is 10.0 Å². The molecule has 1 saturated heterocycles. The van der Waals surface area contributed by atoms with Crippen LogP contribution in [-0.2, 0) is 10.0 Å². The summed E-state index contributed by atoms with van der Waals surface area (Å²) in [6, 6.07) is 15.9. The minimum Gasteiger partial charge on any atom is -0.497 e. The highest BCUT2D eigenvalue weighted by Gasteiger charge is 2.27. The highest BCUT2D eigenvalue weighted by molar-refractivity contribution is 7.89. The predicted octanol–water partition coefficient (Wildman–Crippen LogP) is 1.68. The maximum Gasteiger partial charge on any atom is 0.349 e. The van der Waals surface area contributed by atoms with Crippen molar-refractivity contribution in [3.05, 3.63) is 70.6 Å². The Hall–Kier alpha value is -3.37. The molecule has 2 heterocycles. The number of nitrogens with one attached hydrogen (secondary N) is 1. The number of anilines is 1. The van der Waals surface area contributed by atoms with Crippen LogP contribution in [0.25, 0.3) is 11.0 Å². The maximum absolute atomic E-state index is 12.7. The van der Waals surface area contributed by atoms with Gasteiger partial charge in [0, 0.05) is 43.8 Å². The summed E-state index contributed by atoms with van der Waals surface area (Å²) < 4.78 is 37.2. The lowest BCUT2D eigenvalue weighted by molar-refractivity contribution is 0.0952. The molecule has 9 nitrogen and oxygen atoms in total. The number of amides is 1. The molecule has 0 unspecified atom stereocenters. The first-order chi connectivity index (χ1) is 15.9. The molecule has 0 saturated carbocycles. The fraction of sp³-hybridized carbons (Fsp3) is 0.304. The number of fused-ring (bicyclic) bond motifs is 1. The van der Waals surface area contributed by atoms with Crippen molar-refractivity contribution in [1.29, 1.82) is 0 Å². The minimum atomic E-state index is -3.55. The number of sulfonamides is 1. The van der Waals surface area contributed by atoms with Crippen LogP contribution in [0.15, 0.2) is 63.8 Å². The van der Waals surface area contributed by atoms with E-state index in [2.05, 4.69) is 10.2 Å². The van der Waals surface area contributed by atoms with Crippen molar-refractivity contribution < 1.29 is 22.4 Å². The number of piperazine rings is 1. The van der Waals surface area contributed by atoms with E-state index in [1.807, 2.05) is 24.3 Å². The van der Waals surface area contributed by atoms with Crippen LogP contribution in [0.3, 0.4) is 0 Å². The molecule has 0 aliphatic carbocycles. The summed E-state index contributed by atoms with van der Waals surface area (Å²) in [6.07, 6.45) is 0. The van der Waals surface area contributed by atoms with Crippen molar-refractivity contribution >= 4 is 32.6 Å². The Balaban J connectivity index is 1.31. The highest BCUT2D eigenvalue weighted by Crippen LogP contribution is 2.21. The Labute approximate surface area is 191 Å². The molecule has 10 heteroatoms. The maximum atomic E-state index is 12.7. The number of nitrogens with zero attached hydrogens (tertiary/aromatic N) is 2. The molecular weight excluding hydrogens is 446 g/mol. The van der Waals surface area contributed by atoms with Gasteiger partial charge in [-0.2, -0.15) is 4.31 Å². The predicted molar refractivity (Wildman–Crippen MR) is 125 cm³/mol. The zero-order chi connectivity index (χ0) is 23.4. The number of para-hydroxylation sites is 1. The van der Waals surface area contributed by atoms with Gasteiger partial charge in [0.15, 0.2) is 0 Å². The van der Waals surface area contributed by atoms with Crippen LogP contribution in [0.2, 0.25) is 0 Å². The second kappa shape index (κ2) is 9.63. The summed E-state index contributed by atoms with van der Waals surface area (Å²) in [5.74, 6) is -0.141. The van der Waals surface area contributed by atoms with Gasteiger partial charge in [-0.3, -0.25) is 4.79 Å². The lowest BCUT2D eigenvalue weighted by Crippen LogP contribution is -2.50. The molecule has 174 valence electrons. The molecule has 4 rings (SSSR count). The Morgan fingerprint density at radius 2 is 1.76 bits per heavy atom.